The third-order valence-electron chi connectivity index (χ3n) is 4.73. The molecule has 1 fully saturated rings. The van der Waals surface area contributed by atoms with Gasteiger partial charge in [-0.15, -0.1) is 11.3 Å². The Morgan fingerprint density at radius 2 is 2.08 bits per heavy atom. The fraction of sp³-hybridized carbons (Fsp3) is 0.562. The van der Waals surface area contributed by atoms with Gasteiger partial charge in [-0.3, -0.25) is 4.79 Å². The van der Waals surface area contributed by atoms with Gasteiger partial charge in [0.2, 0.25) is 5.91 Å². The molecule has 4 rings (SSSR count). The summed E-state index contributed by atoms with van der Waals surface area (Å²) in [7, 11) is 0. The number of alkyl halides is 3. The fourth-order valence-corrected chi connectivity index (χ4v) is 4.84. The lowest BCUT2D eigenvalue weighted by Crippen LogP contribution is -2.39. The number of amides is 1. The zero-order chi connectivity index (χ0) is 17.6. The number of likely N-dealkylation sites (tertiary alicyclic amines) is 1. The second-order valence-electron chi connectivity index (χ2n) is 6.47. The van der Waals surface area contributed by atoms with Crippen molar-refractivity contribution in [1.29, 1.82) is 0 Å². The number of aryl methyl sites for hydroxylation is 2. The average molecular weight is 370 g/mol. The quantitative estimate of drug-likeness (QED) is 0.902. The van der Waals surface area contributed by atoms with Gasteiger partial charge in [-0.25, -0.2) is 9.97 Å². The summed E-state index contributed by atoms with van der Waals surface area (Å²) in [6, 6.07) is -0.667. The smallest absolute Gasteiger partial charge is 0.358 e. The number of thiophene rings is 1. The summed E-state index contributed by atoms with van der Waals surface area (Å²) in [5.74, 6) is 0.0461. The third-order valence-corrected chi connectivity index (χ3v) is 5.93. The van der Waals surface area contributed by atoms with Crippen molar-refractivity contribution < 1.29 is 18.0 Å². The second-order valence-corrected chi connectivity index (χ2v) is 7.56. The molecular weight excluding hydrogens is 353 g/mol. The molecule has 3 heterocycles. The molecule has 1 atom stereocenters. The van der Waals surface area contributed by atoms with Crippen molar-refractivity contribution >= 4 is 33.3 Å². The van der Waals surface area contributed by atoms with Crippen molar-refractivity contribution in [2.45, 2.75) is 44.3 Å². The Bertz CT molecular complexity index is 820. The van der Waals surface area contributed by atoms with Gasteiger partial charge in [0.1, 0.15) is 29.6 Å². The van der Waals surface area contributed by atoms with Gasteiger partial charge in [0.25, 0.3) is 0 Å². The maximum atomic E-state index is 12.6. The van der Waals surface area contributed by atoms with E-state index < -0.39 is 24.7 Å². The molecule has 1 unspecified atom stereocenters. The largest absolute Gasteiger partial charge is 0.406 e. The zero-order valence-corrected chi connectivity index (χ0v) is 14.2. The van der Waals surface area contributed by atoms with Crippen LogP contribution in [-0.2, 0) is 17.6 Å². The summed E-state index contributed by atoms with van der Waals surface area (Å²) in [5, 5.41) is 4.02. The molecule has 134 valence electrons. The zero-order valence-electron chi connectivity index (χ0n) is 13.4. The SMILES string of the molecule is O=C1C(Nc2ncnc3sc4c(c23)CCCC4)CCN1CC(F)(F)F. The van der Waals surface area contributed by atoms with Gasteiger partial charge in [0.05, 0.1) is 5.39 Å². The van der Waals surface area contributed by atoms with Crippen molar-refractivity contribution in [3.63, 3.8) is 0 Å². The van der Waals surface area contributed by atoms with Gasteiger partial charge in [-0.1, -0.05) is 0 Å². The monoisotopic (exact) mass is 370 g/mol. The molecule has 0 bridgehead atoms. The van der Waals surface area contributed by atoms with Crippen LogP contribution in [0.2, 0.25) is 0 Å². The molecule has 5 nitrogen and oxygen atoms in total. The first kappa shape index (κ1) is 16.6. The summed E-state index contributed by atoms with van der Waals surface area (Å²) in [4.78, 5) is 23.9. The molecule has 0 radical (unpaired) electrons. The molecule has 0 saturated carbocycles. The predicted octanol–water partition coefficient (Wildman–Crippen LogP) is 3.15. The first-order valence-corrected chi connectivity index (χ1v) is 9.11. The number of nitrogens with zero attached hydrogens (tertiary/aromatic N) is 3. The van der Waals surface area contributed by atoms with E-state index in [0.717, 1.165) is 40.8 Å². The van der Waals surface area contributed by atoms with E-state index in [-0.39, 0.29) is 6.54 Å². The van der Waals surface area contributed by atoms with Crippen LogP contribution in [0.4, 0.5) is 19.0 Å². The molecule has 1 amide bonds. The molecule has 2 aromatic rings. The first-order valence-electron chi connectivity index (χ1n) is 8.30. The van der Waals surface area contributed by atoms with E-state index in [0.29, 0.717) is 12.2 Å². The maximum Gasteiger partial charge on any atom is 0.406 e. The highest BCUT2D eigenvalue weighted by molar-refractivity contribution is 7.19. The minimum atomic E-state index is -4.38. The van der Waals surface area contributed by atoms with Crippen LogP contribution in [0.1, 0.15) is 29.7 Å². The predicted molar refractivity (Wildman–Crippen MR) is 88.7 cm³/mol. The van der Waals surface area contributed by atoms with Gasteiger partial charge in [0.15, 0.2) is 0 Å². The van der Waals surface area contributed by atoms with E-state index in [9.17, 15) is 18.0 Å². The second kappa shape index (κ2) is 6.12. The Balaban J connectivity index is 1.59. The Morgan fingerprint density at radius 1 is 1.28 bits per heavy atom. The van der Waals surface area contributed by atoms with Crippen molar-refractivity contribution in [3.8, 4) is 0 Å². The molecule has 25 heavy (non-hydrogen) atoms. The van der Waals surface area contributed by atoms with Crippen LogP contribution >= 0.6 is 11.3 Å². The minimum Gasteiger partial charge on any atom is -0.358 e. The van der Waals surface area contributed by atoms with Crippen LogP contribution in [0, 0.1) is 0 Å². The normalized spacial score (nSPS) is 21.0. The van der Waals surface area contributed by atoms with Crippen molar-refractivity contribution in [2.75, 3.05) is 18.4 Å². The lowest BCUT2D eigenvalue weighted by molar-refractivity contribution is -0.157. The van der Waals surface area contributed by atoms with Gasteiger partial charge >= 0.3 is 6.18 Å². The van der Waals surface area contributed by atoms with Crippen LogP contribution in [0.3, 0.4) is 0 Å². The molecule has 1 saturated heterocycles. The van der Waals surface area contributed by atoms with E-state index in [4.69, 9.17) is 0 Å². The molecule has 0 aromatic carbocycles. The van der Waals surface area contributed by atoms with Crippen molar-refractivity contribution in [2.24, 2.45) is 0 Å². The number of fused-ring (bicyclic) bond motifs is 3. The highest BCUT2D eigenvalue weighted by Crippen LogP contribution is 2.38. The standard InChI is InChI=1S/C16H17F3N4OS/c17-16(18,19)7-23-6-5-10(15(23)24)22-13-12-9-3-1-2-4-11(9)25-14(12)21-8-20-13/h8,10H,1-7H2,(H,20,21,22). The Labute approximate surface area is 146 Å². The number of hydrogen-bond acceptors (Lipinski definition) is 5. The lowest BCUT2D eigenvalue weighted by Gasteiger charge is -2.19. The highest BCUT2D eigenvalue weighted by Gasteiger charge is 2.39. The summed E-state index contributed by atoms with van der Waals surface area (Å²) in [6.45, 7) is -1.09. The molecule has 9 heteroatoms. The summed E-state index contributed by atoms with van der Waals surface area (Å²) in [6.07, 6.45) is 1.65. The topological polar surface area (TPSA) is 58.1 Å². The maximum absolute atomic E-state index is 12.6. The highest BCUT2D eigenvalue weighted by atomic mass is 32.1. The van der Waals surface area contributed by atoms with Gasteiger partial charge in [-0.2, -0.15) is 13.2 Å². The van der Waals surface area contributed by atoms with Crippen LogP contribution in [-0.4, -0.2) is 46.1 Å². The summed E-state index contributed by atoms with van der Waals surface area (Å²) >= 11 is 1.65. The molecule has 2 aromatic heterocycles. The summed E-state index contributed by atoms with van der Waals surface area (Å²) < 4.78 is 37.7. The molecule has 1 N–H and O–H groups in total. The van der Waals surface area contributed by atoms with Crippen molar-refractivity contribution in [1.82, 2.24) is 14.9 Å². The Hall–Kier alpha value is -1.90. The van der Waals surface area contributed by atoms with E-state index >= 15 is 0 Å². The van der Waals surface area contributed by atoms with Crippen LogP contribution in [0.5, 0.6) is 0 Å². The number of anilines is 1. The Kier molecular flexibility index (Phi) is 4.05. The van der Waals surface area contributed by atoms with E-state index in [1.807, 2.05) is 0 Å². The Morgan fingerprint density at radius 3 is 2.88 bits per heavy atom. The van der Waals surface area contributed by atoms with E-state index in [1.165, 1.54) is 16.8 Å². The minimum absolute atomic E-state index is 0.103. The van der Waals surface area contributed by atoms with E-state index in [1.54, 1.807) is 11.3 Å². The first-order chi connectivity index (χ1) is 11.9. The summed E-state index contributed by atoms with van der Waals surface area (Å²) in [5.41, 5.74) is 1.23. The molecular formula is C16H17F3N4OS. The van der Waals surface area contributed by atoms with Gasteiger partial charge in [-0.05, 0) is 37.7 Å². The number of carbonyl (C=O) groups is 1. The number of hydrogen-bond donors (Lipinski definition) is 1. The van der Waals surface area contributed by atoms with Crippen LogP contribution in [0.15, 0.2) is 6.33 Å². The van der Waals surface area contributed by atoms with Gasteiger partial charge < -0.3 is 10.2 Å². The van der Waals surface area contributed by atoms with Crippen LogP contribution in [0.25, 0.3) is 10.2 Å². The molecule has 1 aliphatic heterocycles. The molecule has 0 spiro atoms. The molecule has 2 aliphatic rings. The van der Waals surface area contributed by atoms with Crippen LogP contribution < -0.4 is 5.32 Å². The number of aromatic nitrogens is 2. The van der Waals surface area contributed by atoms with Crippen molar-refractivity contribution in [3.05, 3.63) is 16.8 Å². The average Bonchev–Trinajstić information content (AvgIpc) is 3.09. The number of halogens is 3. The van der Waals surface area contributed by atoms with Gasteiger partial charge in [0, 0.05) is 11.4 Å². The number of rotatable bonds is 3. The van der Waals surface area contributed by atoms with E-state index in [2.05, 4.69) is 15.3 Å². The third kappa shape index (κ3) is 3.17. The number of nitrogens with one attached hydrogen (secondary N) is 1. The lowest BCUT2D eigenvalue weighted by atomic mass is 9.97. The fourth-order valence-electron chi connectivity index (χ4n) is 3.61. The number of carbonyl (C=O) groups excluding carboxylic acids is 1. The molecule has 1 aliphatic carbocycles.